The second-order valence-electron chi connectivity index (χ2n) is 7.84. The number of hydrogen-bond donors (Lipinski definition) is 1. The number of carbonyl (C=O) groups is 1. The average molecular weight is 428 g/mol. The molecule has 2 aromatic rings. The zero-order valence-corrected chi connectivity index (χ0v) is 18.9. The van der Waals surface area contributed by atoms with Gasteiger partial charge in [-0.2, -0.15) is 11.8 Å². The van der Waals surface area contributed by atoms with Crippen LogP contribution in [0.1, 0.15) is 17.5 Å². The molecule has 0 bridgehead atoms. The lowest BCUT2D eigenvalue weighted by Crippen LogP contribution is -2.32. The lowest BCUT2D eigenvalue weighted by atomic mass is 10.2. The van der Waals surface area contributed by atoms with Crippen LogP contribution < -0.4 is 10.1 Å². The molecular formula is C24H33N3O2S. The van der Waals surface area contributed by atoms with Crippen LogP contribution in [0.3, 0.4) is 0 Å². The summed E-state index contributed by atoms with van der Waals surface area (Å²) in [6.07, 6.45) is 0.877. The number of nitrogens with one attached hydrogen (secondary N) is 1. The van der Waals surface area contributed by atoms with Crippen molar-refractivity contribution in [3.8, 4) is 5.75 Å². The normalized spacial score (nSPS) is 14.6. The first-order chi connectivity index (χ1) is 14.6. The number of hydrogen-bond acceptors (Lipinski definition) is 5. The van der Waals surface area contributed by atoms with Gasteiger partial charge in [-0.3, -0.25) is 14.6 Å². The topological polar surface area (TPSA) is 44.8 Å². The Morgan fingerprint density at radius 3 is 2.77 bits per heavy atom. The summed E-state index contributed by atoms with van der Waals surface area (Å²) in [5.41, 5.74) is 3.27. The van der Waals surface area contributed by atoms with Crippen LogP contribution in [0.4, 0.5) is 5.69 Å². The van der Waals surface area contributed by atoms with Gasteiger partial charge in [0.15, 0.2) is 0 Å². The summed E-state index contributed by atoms with van der Waals surface area (Å²) in [4.78, 5) is 16.9. The summed E-state index contributed by atoms with van der Waals surface area (Å²) >= 11 is 2.02. The number of nitrogens with zero attached hydrogens (tertiary/aromatic N) is 2. The van der Waals surface area contributed by atoms with E-state index in [9.17, 15) is 4.79 Å². The Kier molecular flexibility index (Phi) is 9.05. The maximum absolute atomic E-state index is 12.4. The number of benzene rings is 2. The van der Waals surface area contributed by atoms with Crippen molar-refractivity contribution >= 4 is 23.4 Å². The molecule has 6 heteroatoms. The number of likely N-dealkylation sites (N-methyl/N-ethyl adjacent to an activating group) is 1. The summed E-state index contributed by atoms with van der Waals surface area (Å²) < 4.78 is 5.83. The molecule has 0 saturated carbocycles. The predicted octanol–water partition coefficient (Wildman–Crippen LogP) is 3.88. The van der Waals surface area contributed by atoms with Crippen molar-refractivity contribution in [2.24, 2.45) is 0 Å². The van der Waals surface area contributed by atoms with Gasteiger partial charge < -0.3 is 10.1 Å². The number of ether oxygens (including phenoxy) is 1. The van der Waals surface area contributed by atoms with Gasteiger partial charge in [0, 0.05) is 43.4 Å². The van der Waals surface area contributed by atoms with Gasteiger partial charge in [0.05, 0.1) is 13.2 Å². The van der Waals surface area contributed by atoms with E-state index in [-0.39, 0.29) is 5.91 Å². The lowest BCUT2D eigenvalue weighted by molar-refractivity contribution is -0.117. The van der Waals surface area contributed by atoms with Crippen molar-refractivity contribution < 1.29 is 9.53 Å². The maximum atomic E-state index is 12.4. The van der Waals surface area contributed by atoms with Crippen LogP contribution in [-0.2, 0) is 11.3 Å². The third-order valence-electron chi connectivity index (χ3n) is 5.17. The Hall–Kier alpha value is -2.02. The van der Waals surface area contributed by atoms with Gasteiger partial charge in [-0.05, 0) is 49.7 Å². The number of thioether (sulfide) groups is 1. The van der Waals surface area contributed by atoms with Gasteiger partial charge in [0.2, 0.25) is 5.91 Å². The maximum Gasteiger partial charge on any atom is 0.238 e. The van der Waals surface area contributed by atoms with E-state index in [0.29, 0.717) is 13.2 Å². The van der Waals surface area contributed by atoms with Crippen LogP contribution in [0.25, 0.3) is 0 Å². The van der Waals surface area contributed by atoms with Gasteiger partial charge in [-0.25, -0.2) is 0 Å². The first-order valence-corrected chi connectivity index (χ1v) is 11.8. The molecule has 1 N–H and O–H groups in total. The largest absolute Gasteiger partial charge is 0.493 e. The predicted molar refractivity (Wildman–Crippen MR) is 126 cm³/mol. The molecule has 0 spiro atoms. The number of amides is 1. The fourth-order valence-corrected chi connectivity index (χ4v) is 4.50. The number of para-hydroxylation sites is 1. The van der Waals surface area contributed by atoms with Crippen LogP contribution in [0.15, 0.2) is 48.5 Å². The van der Waals surface area contributed by atoms with E-state index in [0.717, 1.165) is 49.6 Å². The van der Waals surface area contributed by atoms with Crippen molar-refractivity contribution in [2.75, 3.05) is 56.7 Å². The summed E-state index contributed by atoms with van der Waals surface area (Å²) in [6, 6.07) is 16.3. The smallest absolute Gasteiger partial charge is 0.238 e. The Morgan fingerprint density at radius 2 is 1.97 bits per heavy atom. The molecule has 1 saturated heterocycles. The van der Waals surface area contributed by atoms with Crippen LogP contribution in [-0.4, -0.2) is 67.0 Å². The SMILES string of the molecule is Cc1ccccc1OCCCN(C)CC(=O)Nc1cccc(CN2CCSCC2)c1. The van der Waals surface area contributed by atoms with Crippen molar-refractivity contribution in [3.05, 3.63) is 59.7 Å². The number of anilines is 1. The van der Waals surface area contributed by atoms with Crippen molar-refractivity contribution in [3.63, 3.8) is 0 Å². The molecule has 3 rings (SSSR count). The molecule has 1 aliphatic heterocycles. The van der Waals surface area contributed by atoms with Crippen LogP contribution in [0, 0.1) is 6.92 Å². The first-order valence-electron chi connectivity index (χ1n) is 10.7. The molecule has 0 aromatic heterocycles. The second kappa shape index (κ2) is 12.0. The molecule has 1 fully saturated rings. The summed E-state index contributed by atoms with van der Waals surface area (Å²) in [5, 5.41) is 3.04. The van der Waals surface area contributed by atoms with E-state index in [2.05, 4.69) is 22.3 Å². The third-order valence-corrected chi connectivity index (χ3v) is 6.11. The molecule has 0 unspecified atom stereocenters. The zero-order valence-electron chi connectivity index (χ0n) is 18.1. The number of carbonyl (C=O) groups excluding carboxylic acids is 1. The van der Waals surface area contributed by atoms with E-state index in [4.69, 9.17) is 4.74 Å². The number of rotatable bonds is 10. The highest BCUT2D eigenvalue weighted by Crippen LogP contribution is 2.17. The van der Waals surface area contributed by atoms with E-state index >= 15 is 0 Å². The third kappa shape index (κ3) is 7.67. The van der Waals surface area contributed by atoms with Crippen molar-refractivity contribution in [2.45, 2.75) is 19.9 Å². The molecule has 162 valence electrons. The van der Waals surface area contributed by atoms with E-state index in [1.165, 1.54) is 17.1 Å². The molecule has 2 aromatic carbocycles. The van der Waals surface area contributed by atoms with E-state index in [1.54, 1.807) is 0 Å². The van der Waals surface area contributed by atoms with E-state index in [1.807, 2.05) is 67.0 Å². The molecule has 30 heavy (non-hydrogen) atoms. The molecule has 0 aliphatic carbocycles. The Morgan fingerprint density at radius 1 is 1.17 bits per heavy atom. The van der Waals surface area contributed by atoms with Gasteiger partial charge in [0.25, 0.3) is 0 Å². The van der Waals surface area contributed by atoms with Crippen molar-refractivity contribution in [1.29, 1.82) is 0 Å². The van der Waals surface area contributed by atoms with Crippen LogP contribution >= 0.6 is 11.8 Å². The Labute approximate surface area is 184 Å². The second-order valence-corrected chi connectivity index (χ2v) is 9.07. The Bertz CT molecular complexity index is 809. The van der Waals surface area contributed by atoms with Gasteiger partial charge in [-0.1, -0.05) is 30.3 Å². The summed E-state index contributed by atoms with van der Waals surface area (Å²) in [6.45, 7) is 7.11. The molecule has 0 atom stereocenters. The quantitative estimate of drug-likeness (QED) is 0.583. The Balaban J connectivity index is 1.37. The van der Waals surface area contributed by atoms with Crippen LogP contribution in [0.5, 0.6) is 5.75 Å². The van der Waals surface area contributed by atoms with Crippen LogP contribution in [0.2, 0.25) is 0 Å². The standard InChI is InChI=1S/C24H33N3O2S/c1-20-7-3-4-10-23(20)29-14-6-11-26(2)19-24(28)25-22-9-5-8-21(17-22)18-27-12-15-30-16-13-27/h3-5,7-10,17H,6,11-16,18-19H2,1-2H3,(H,25,28). The molecule has 1 heterocycles. The fourth-order valence-electron chi connectivity index (χ4n) is 3.52. The highest BCUT2D eigenvalue weighted by atomic mass is 32.2. The van der Waals surface area contributed by atoms with Gasteiger partial charge in [0.1, 0.15) is 5.75 Å². The van der Waals surface area contributed by atoms with E-state index < -0.39 is 0 Å². The lowest BCUT2D eigenvalue weighted by Gasteiger charge is -2.26. The molecule has 1 amide bonds. The van der Waals surface area contributed by atoms with Gasteiger partial charge >= 0.3 is 0 Å². The minimum Gasteiger partial charge on any atom is -0.493 e. The zero-order chi connectivity index (χ0) is 21.2. The monoisotopic (exact) mass is 427 g/mol. The van der Waals surface area contributed by atoms with Crippen molar-refractivity contribution in [1.82, 2.24) is 9.80 Å². The van der Waals surface area contributed by atoms with Gasteiger partial charge in [-0.15, -0.1) is 0 Å². The summed E-state index contributed by atoms with van der Waals surface area (Å²) in [5.74, 6) is 3.36. The highest BCUT2D eigenvalue weighted by Gasteiger charge is 2.12. The fraction of sp³-hybridized carbons (Fsp3) is 0.458. The average Bonchev–Trinajstić information content (AvgIpc) is 2.73. The summed E-state index contributed by atoms with van der Waals surface area (Å²) in [7, 11) is 1.97. The first kappa shape index (κ1) is 22.7. The molecule has 1 aliphatic rings. The minimum absolute atomic E-state index is 0.0174. The molecule has 0 radical (unpaired) electrons. The molecular weight excluding hydrogens is 394 g/mol. The number of aryl methyl sites for hydroxylation is 1. The minimum atomic E-state index is 0.0174. The molecule has 5 nitrogen and oxygen atoms in total. The highest BCUT2D eigenvalue weighted by molar-refractivity contribution is 7.99.